The van der Waals surface area contributed by atoms with Gasteiger partial charge in [-0.05, 0) is 90.9 Å². The van der Waals surface area contributed by atoms with E-state index >= 15 is 0 Å². The van der Waals surface area contributed by atoms with Gasteiger partial charge in [0.05, 0.1) is 18.6 Å². The van der Waals surface area contributed by atoms with Crippen molar-refractivity contribution in [2.45, 2.75) is 40.0 Å². The number of amidine groups is 1. The lowest BCUT2D eigenvalue weighted by molar-refractivity contribution is -0.114. The predicted molar refractivity (Wildman–Crippen MR) is 158 cm³/mol. The zero-order valence-electron chi connectivity index (χ0n) is 22.4. The number of aryl methyl sites for hydroxylation is 2. The van der Waals surface area contributed by atoms with Gasteiger partial charge in [-0.3, -0.25) is 14.5 Å². The van der Waals surface area contributed by atoms with Gasteiger partial charge in [-0.25, -0.2) is 4.99 Å². The van der Waals surface area contributed by atoms with Crippen molar-refractivity contribution in [1.29, 1.82) is 0 Å². The lowest BCUT2D eigenvalue weighted by Crippen LogP contribution is -2.31. The fourth-order valence-corrected chi connectivity index (χ4v) is 5.03. The number of nitrogens with one attached hydrogen (secondary N) is 1. The molecule has 0 saturated heterocycles. The highest BCUT2D eigenvalue weighted by molar-refractivity contribution is 8.14. The third-order valence-electron chi connectivity index (χ3n) is 6.42. The Kier molecular flexibility index (Phi) is 8.69. The molecule has 1 atom stereocenters. The molecule has 0 aromatic heterocycles. The van der Waals surface area contributed by atoms with Crippen LogP contribution in [0, 0.1) is 13.8 Å². The molecule has 1 unspecified atom stereocenters. The van der Waals surface area contributed by atoms with Gasteiger partial charge in [-0.1, -0.05) is 55.9 Å². The summed E-state index contributed by atoms with van der Waals surface area (Å²) < 4.78 is 5.23. The Hall–Kier alpha value is -3.84. The molecule has 1 N–H and O–H groups in total. The van der Waals surface area contributed by atoms with Crippen LogP contribution in [0.25, 0.3) is 6.08 Å². The van der Waals surface area contributed by atoms with Crippen LogP contribution in [0.1, 0.15) is 48.4 Å². The van der Waals surface area contributed by atoms with Gasteiger partial charge in [0, 0.05) is 5.69 Å². The van der Waals surface area contributed by atoms with Gasteiger partial charge in [0.2, 0.25) is 5.91 Å². The summed E-state index contributed by atoms with van der Waals surface area (Å²) in [6.45, 7) is 8.34. The van der Waals surface area contributed by atoms with Crippen molar-refractivity contribution in [2.75, 3.05) is 23.1 Å². The van der Waals surface area contributed by atoms with Gasteiger partial charge in [-0.2, -0.15) is 0 Å². The van der Waals surface area contributed by atoms with Crippen LogP contribution in [0.5, 0.6) is 5.75 Å². The van der Waals surface area contributed by atoms with E-state index in [4.69, 9.17) is 4.74 Å². The van der Waals surface area contributed by atoms with Gasteiger partial charge in [0.25, 0.3) is 5.91 Å². The normalized spacial score (nSPS) is 15.0. The molecule has 1 aliphatic rings. The molecule has 1 heterocycles. The molecule has 0 saturated carbocycles. The van der Waals surface area contributed by atoms with E-state index in [-0.39, 0.29) is 17.6 Å². The number of hydrogen-bond donors (Lipinski definition) is 1. The van der Waals surface area contributed by atoms with E-state index in [0.29, 0.717) is 16.8 Å². The largest absolute Gasteiger partial charge is 0.497 e. The molecule has 7 heteroatoms. The Balaban J connectivity index is 1.54. The van der Waals surface area contributed by atoms with Crippen LogP contribution >= 0.6 is 11.8 Å². The number of aliphatic imine (C=N–C) groups is 1. The fraction of sp³-hybridized carbons (Fsp3) is 0.258. The first-order valence-corrected chi connectivity index (χ1v) is 13.7. The molecule has 3 aromatic rings. The number of hydrogen-bond acceptors (Lipinski definition) is 5. The summed E-state index contributed by atoms with van der Waals surface area (Å²) in [6.07, 6.45) is 2.82. The molecular formula is C31H33N3O3S. The van der Waals surface area contributed by atoms with E-state index in [9.17, 15) is 9.59 Å². The van der Waals surface area contributed by atoms with Gasteiger partial charge in [0.1, 0.15) is 11.4 Å². The minimum atomic E-state index is -0.227. The molecular weight excluding hydrogens is 494 g/mol. The van der Waals surface area contributed by atoms with E-state index in [1.165, 1.54) is 17.3 Å². The average molecular weight is 528 g/mol. The van der Waals surface area contributed by atoms with Crippen LogP contribution in [-0.4, -0.2) is 29.8 Å². The molecule has 6 nitrogen and oxygen atoms in total. The Bertz CT molecular complexity index is 1360. The molecule has 0 aliphatic carbocycles. The summed E-state index contributed by atoms with van der Waals surface area (Å²) in [5, 5.41) is 3.43. The molecule has 0 radical (unpaired) electrons. The number of rotatable bonds is 8. The second-order valence-electron chi connectivity index (χ2n) is 9.45. The fourth-order valence-electron chi connectivity index (χ4n) is 4.22. The SMILES string of the molecule is CCC(C)c1ccc(NC(=O)CSC2=N/C(=C/c3ccc(OC)cc3)C(=O)N2c2cc(C)cc(C)c2)cc1. The highest BCUT2D eigenvalue weighted by Crippen LogP contribution is 2.31. The van der Waals surface area contributed by atoms with Crippen molar-refractivity contribution >= 4 is 46.2 Å². The Morgan fingerprint density at radius 3 is 2.32 bits per heavy atom. The van der Waals surface area contributed by atoms with Crippen LogP contribution in [-0.2, 0) is 9.59 Å². The third kappa shape index (κ3) is 6.53. The van der Waals surface area contributed by atoms with Crippen molar-refractivity contribution in [1.82, 2.24) is 0 Å². The molecule has 0 fully saturated rings. The zero-order chi connectivity index (χ0) is 27.2. The van der Waals surface area contributed by atoms with Gasteiger partial charge in [-0.15, -0.1) is 0 Å². The number of amides is 2. The van der Waals surface area contributed by atoms with Gasteiger partial charge in [0.15, 0.2) is 5.17 Å². The topological polar surface area (TPSA) is 71.0 Å². The van der Waals surface area contributed by atoms with E-state index in [1.807, 2.05) is 62.4 Å². The van der Waals surface area contributed by atoms with Crippen molar-refractivity contribution < 1.29 is 14.3 Å². The molecule has 196 valence electrons. The maximum atomic E-state index is 13.5. The second kappa shape index (κ2) is 12.1. The zero-order valence-corrected chi connectivity index (χ0v) is 23.3. The second-order valence-corrected chi connectivity index (χ2v) is 10.4. The molecule has 3 aromatic carbocycles. The maximum Gasteiger partial charge on any atom is 0.283 e. The van der Waals surface area contributed by atoms with Crippen LogP contribution < -0.4 is 15.0 Å². The van der Waals surface area contributed by atoms with Crippen LogP contribution in [0.3, 0.4) is 0 Å². The summed E-state index contributed by atoms with van der Waals surface area (Å²) in [7, 11) is 1.61. The van der Waals surface area contributed by atoms with Gasteiger partial charge >= 0.3 is 0 Å². The first-order chi connectivity index (χ1) is 18.3. The number of ether oxygens (including phenoxy) is 1. The lowest BCUT2D eigenvalue weighted by Gasteiger charge is -2.19. The number of anilines is 2. The van der Waals surface area contributed by atoms with E-state index < -0.39 is 0 Å². The van der Waals surface area contributed by atoms with Crippen molar-refractivity contribution in [3.05, 3.63) is 94.7 Å². The molecule has 38 heavy (non-hydrogen) atoms. The molecule has 4 rings (SSSR count). The van der Waals surface area contributed by atoms with Crippen LogP contribution in [0.15, 0.2) is 77.4 Å². The lowest BCUT2D eigenvalue weighted by atomic mass is 9.99. The molecule has 0 bridgehead atoms. The number of methoxy groups -OCH3 is 1. The summed E-state index contributed by atoms with van der Waals surface area (Å²) in [5.41, 5.74) is 5.97. The molecule has 2 amide bonds. The number of carbonyl (C=O) groups is 2. The average Bonchev–Trinajstić information content (AvgIpc) is 3.22. The summed E-state index contributed by atoms with van der Waals surface area (Å²) >= 11 is 1.24. The predicted octanol–water partition coefficient (Wildman–Crippen LogP) is 6.94. The molecule has 0 spiro atoms. The standard InChI is InChI=1S/C31H33N3O3S/c1-6-22(4)24-9-11-25(12-10-24)32-29(35)19-38-31-33-28(18-23-7-13-27(37-5)14-8-23)30(36)34(31)26-16-20(2)15-21(3)17-26/h7-18,22H,6,19H2,1-5H3,(H,32,35)/b28-18+. The first kappa shape index (κ1) is 27.2. The minimum absolute atomic E-state index is 0.121. The monoisotopic (exact) mass is 527 g/mol. The van der Waals surface area contributed by atoms with E-state index in [2.05, 4.69) is 42.4 Å². The number of nitrogens with zero attached hydrogens (tertiary/aromatic N) is 2. The maximum absolute atomic E-state index is 13.5. The highest BCUT2D eigenvalue weighted by Gasteiger charge is 2.32. The minimum Gasteiger partial charge on any atom is -0.497 e. The Morgan fingerprint density at radius 1 is 1.05 bits per heavy atom. The summed E-state index contributed by atoms with van der Waals surface area (Å²) in [4.78, 5) is 32.6. The van der Waals surface area contributed by atoms with Crippen molar-refractivity contribution in [3.63, 3.8) is 0 Å². The van der Waals surface area contributed by atoms with Crippen LogP contribution in [0.2, 0.25) is 0 Å². The quantitative estimate of drug-likeness (QED) is 0.322. The smallest absolute Gasteiger partial charge is 0.283 e. The Morgan fingerprint density at radius 2 is 1.71 bits per heavy atom. The van der Waals surface area contributed by atoms with Crippen molar-refractivity contribution in [3.8, 4) is 5.75 Å². The summed E-state index contributed by atoms with van der Waals surface area (Å²) in [5.74, 6) is 0.950. The molecule has 1 aliphatic heterocycles. The summed E-state index contributed by atoms with van der Waals surface area (Å²) in [6, 6.07) is 21.4. The third-order valence-corrected chi connectivity index (χ3v) is 7.36. The van der Waals surface area contributed by atoms with Crippen LogP contribution in [0.4, 0.5) is 11.4 Å². The van der Waals surface area contributed by atoms with Crippen molar-refractivity contribution in [2.24, 2.45) is 4.99 Å². The Labute approximate surface area is 228 Å². The number of benzene rings is 3. The highest BCUT2D eigenvalue weighted by atomic mass is 32.2. The van der Waals surface area contributed by atoms with Gasteiger partial charge < -0.3 is 10.1 Å². The first-order valence-electron chi connectivity index (χ1n) is 12.7. The number of carbonyl (C=O) groups excluding carboxylic acids is 2. The van der Waals surface area contributed by atoms with E-state index in [1.54, 1.807) is 18.1 Å². The van der Waals surface area contributed by atoms with E-state index in [0.717, 1.165) is 40.2 Å². The number of thioether (sulfide) groups is 1.